The predicted octanol–water partition coefficient (Wildman–Crippen LogP) is 1.92. The molecule has 15 heavy (non-hydrogen) atoms. The highest BCUT2D eigenvalue weighted by atomic mass is 16.4. The monoisotopic (exact) mass is 210 g/mol. The van der Waals surface area contributed by atoms with Crippen LogP contribution in [0.15, 0.2) is 6.07 Å². The molecule has 3 N–H and O–H groups in total. The van der Waals surface area contributed by atoms with E-state index in [0.717, 1.165) is 5.56 Å². The van der Waals surface area contributed by atoms with Crippen LogP contribution in [0.3, 0.4) is 0 Å². The van der Waals surface area contributed by atoms with Crippen LogP contribution in [-0.2, 0) is 12.8 Å². The molecule has 0 amide bonds. The lowest BCUT2D eigenvalue weighted by molar-refractivity contribution is 0.0690. The van der Waals surface area contributed by atoms with E-state index in [9.17, 15) is 15.0 Å². The quantitative estimate of drug-likeness (QED) is 0.712. The Kier molecular flexibility index (Phi) is 3.19. The minimum Gasteiger partial charge on any atom is -0.507 e. The summed E-state index contributed by atoms with van der Waals surface area (Å²) < 4.78 is 0. The van der Waals surface area contributed by atoms with Gasteiger partial charge in [0.25, 0.3) is 0 Å². The zero-order valence-corrected chi connectivity index (χ0v) is 8.74. The van der Waals surface area contributed by atoms with E-state index in [1.807, 2.05) is 13.8 Å². The number of carboxylic acids is 1. The van der Waals surface area contributed by atoms with Gasteiger partial charge < -0.3 is 15.3 Å². The van der Waals surface area contributed by atoms with E-state index in [2.05, 4.69) is 0 Å². The molecule has 0 heterocycles. The molecule has 4 heteroatoms. The van der Waals surface area contributed by atoms with Crippen molar-refractivity contribution in [3.63, 3.8) is 0 Å². The molecule has 0 aliphatic rings. The number of aromatic hydroxyl groups is 2. The Balaban J connectivity index is 3.51. The fourth-order valence-corrected chi connectivity index (χ4v) is 1.67. The fourth-order valence-electron chi connectivity index (χ4n) is 1.67. The second-order valence-corrected chi connectivity index (χ2v) is 3.27. The van der Waals surface area contributed by atoms with Gasteiger partial charge in [-0.2, -0.15) is 0 Å². The summed E-state index contributed by atoms with van der Waals surface area (Å²) in [5.74, 6) is -2.02. The first-order valence-corrected chi connectivity index (χ1v) is 4.82. The third-order valence-corrected chi connectivity index (χ3v) is 2.43. The largest absolute Gasteiger partial charge is 0.507 e. The van der Waals surface area contributed by atoms with Gasteiger partial charge in [-0.05, 0) is 30.0 Å². The Hall–Kier alpha value is -1.71. The maximum absolute atomic E-state index is 10.8. The number of carboxylic acid groups (broad SMARTS) is 1. The van der Waals surface area contributed by atoms with Gasteiger partial charge in [0.1, 0.15) is 17.1 Å². The van der Waals surface area contributed by atoms with Crippen LogP contribution >= 0.6 is 0 Å². The van der Waals surface area contributed by atoms with E-state index in [4.69, 9.17) is 5.11 Å². The van der Waals surface area contributed by atoms with Crippen molar-refractivity contribution in [2.45, 2.75) is 26.7 Å². The Morgan fingerprint density at radius 1 is 1.27 bits per heavy atom. The van der Waals surface area contributed by atoms with Crippen molar-refractivity contribution in [1.29, 1.82) is 0 Å². The first-order chi connectivity index (χ1) is 7.02. The van der Waals surface area contributed by atoms with Crippen molar-refractivity contribution >= 4 is 5.97 Å². The molecule has 0 unspecified atom stereocenters. The summed E-state index contributed by atoms with van der Waals surface area (Å²) in [6.45, 7) is 3.71. The fraction of sp³-hybridized carbons (Fsp3) is 0.364. The van der Waals surface area contributed by atoms with Crippen molar-refractivity contribution in [3.8, 4) is 11.5 Å². The van der Waals surface area contributed by atoms with Crippen LogP contribution in [0.25, 0.3) is 0 Å². The topological polar surface area (TPSA) is 77.8 Å². The molecule has 1 aromatic carbocycles. The van der Waals surface area contributed by atoms with Gasteiger partial charge in [-0.1, -0.05) is 13.8 Å². The van der Waals surface area contributed by atoms with Gasteiger partial charge >= 0.3 is 5.97 Å². The summed E-state index contributed by atoms with van der Waals surface area (Å²) in [5.41, 5.74) is 0.953. The molecule has 1 rings (SSSR count). The number of aromatic carboxylic acids is 1. The minimum absolute atomic E-state index is 0.318. The van der Waals surface area contributed by atoms with Crippen molar-refractivity contribution in [3.05, 3.63) is 22.8 Å². The summed E-state index contributed by atoms with van der Waals surface area (Å²) in [7, 11) is 0. The summed E-state index contributed by atoms with van der Waals surface area (Å²) in [5, 5.41) is 28.0. The first kappa shape index (κ1) is 11.4. The zero-order chi connectivity index (χ0) is 11.6. The second-order valence-electron chi connectivity index (χ2n) is 3.27. The molecule has 1 aromatic rings. The molecule has 0 aliphatic heterocycles. The maximum Gasteiger partial charge on any atom is 0.343 e. The molecule has 0 aromatic heterocycles. The summed E-state index contributed by atoms with van der Waals surface area (Å²) in [6.07, 6.45) is 1.18. The number of carbonyl (C=O) groups is 1. The molecule has 82 valence electrons. The van der Waals surface area contributed by atoms with Crippen molar-refractivity contribution in [2.24, 2.45) is 0 Å². The highest BCUT2D eigenvalue weighted by Gasteiger charge is 2.20. The maximum atomic E-state index is 10.8. The summed E-state index contributed by atoms with van der Waals surface area (Å²) in [4.78, 5) is 10.8. The number of aryl methyl sites for hydroxylation is 1. The van der Waals surface area contributed by atoms with Crippen LogP contribution in [0.4, 0.5) is 0 Å². The number of hydrogen-bond acceptors (Lipinski definition) is 3. The van der Waals surface area contributed by atoms with Crippen molar-refractivity contribution in [1.82, 2.24) is 0 Å². The first-order valence-electron chi connectivity index (χ1n) is 4.82. The molecule has 0 bridgehead atoms. The van der Waals surface area contributed by atoms with Crippen LogP contribution in [0, 0.1) is 0 Å². The molecule has 0 atom stereocenters. The Morgan fingerprint density at radius 3 is 2.27 bits per heavy atom. The molecule has 0 spiro atoms. The van der Waals surface area contributed by atoms with Crippen LogP contribution in [-0.4, -0.2) is 21.3 Å². The molecule has 0 aliphatic carbocycles. The van der Waals surface area contributed by atoms with Gasteiger partial charge in [0, 0.05) is 0 Å². The van der Waals surface area contributed by atoms with Gasteiger partial charge in [0.15, 0.2) is 0 Å². The molecular formula is C11H14O4. The lowest BCUT2D eigenvalue weighted by atomic mass is 9.97. The summed E-state index contributed by atoms with van der Waals surface area (Å²) >= 11 is 0. The van der Waals surface area contributed by atoms with Gasteiger partial charge in [-0.25, -0.2) is 4.79 Å². The smallest absolute Gasteiger partial charge is 0.343 e. The Bertz CT molecular complexity index is 396. The lowest BCUT2D eigenvalue weighted by Gasteiger charge is -2.12. The third kappa shape index (κ3) is 1.88. The second kappa shape index (κ2) is 4.21. The SMILES string of the molecule is CCc1cc(O)c(C(=O)O)c(O)c1CC. The van der Waals surface area contributed by atoms with Gasteiger partial charge in [0.05, 0.1) is 0 Å². The number of rotatable bonds is 3. The Labute approximate surface area is 87.8 Å². The number of hydrogen-bond donors (Lipinski definition) is 3. The molecule has 0 radical (unpaired) electrons. The predicted molar refractivity (Wildman–Crippen MR) is 55.5 cm³/mol. The van der Waals surface area contributed by atoms with Crippen LogP contribution in [0.5, 0.6) is 11.5 Å². The standard InChI is InChI=1S/C11H14O4/c1-3-6-5-8(12)9(11(14)15)10(13)7(6)4-2/h5,12-13H,3-4H2,1-2H3,(H,14,15). The number of phenols is 2. The van der Waals surface area contributed by atoms with E-state index in [1.54, 1.807) is 0 Å². The van der Waals surface area contributed by atoms with Gasteiger partial charge in [-0.3, -0.25) is 0 Å². The lowest BCUT2D eigenvalue weighted by Crippen LogP contribution is -2.02. The van der Waals surface area contributed by atoms with Crippen molar-refractivity contribution < 1.29 is 20.1 Å². The van der Waals surface area contributed by atoms with Gasteiger partial charge in [-0.15, -0.1) is 0 Å². The average molecular weight is 210 g/mol. The van der Waals surface area contributed by atoms with E-state index in [-0.39, 0.29) is 11.5 Å². The van der Waals surface area contributed by atoms with E-state index in [0.29, 0.717) is 18.4 Å². The van der Waals surface area contributed by atoms with E-state index in [1.165, 1.54) is 6.07 Å². The molecule has 0 saturated carbocycles. The molecule has 0 fully saturated rings. The van der Waals surface area contributed by atoms with E-state index >= 15 is 0 Å². The highest BCUT2D eigenvalue weighted by Crippen LogP contribution is 2.34. The van der Waals surface area contributed by atoms with Crippen LogP contribution in [0.2, 0.25) is 0 Å². The van der Waals surface area contributed by atoms with Crippen LogP contribution in [0.1, 0.15) is 35.3 Å². The molecule has 4 nitrogen and oxygen atoms in total. The average Bonchev–Trinajstić information content (AvgIpc) is 2.16. The molecular weight excluding hydrogens is 196 g/mol. The number of benzene rings is 1. The zero-order valence-electron chi connectivity index (χ0n) is 8.74. The minimum atomic E-state index is -1.32. The molecule has 0 saturated heterocycles. The van der Waals surface area contributed by atoms with Gasteiger partial charge in [0.2, 0.25) is 0 Å². The van der Waals surface area contributed by atoms with Crippen LogP contribution < -0.4 is 0 Å². The normalized spacial score (nSPS) is 10.3. The highest BCUT2D eigenvalue weighted by molar-refractivity contribution is 5.94. The third-order valence-electron chi connectivity index (χ3n) is 2.43. The van der Waals surface area contributed by atoms with Crippen molar-refractivity contribution in [2.75, 3.05) is 0 Å². The Morgan fingerprint density at radius 2 is 1.87 bits per heavy atom. The van der Waals surface area contributed by atoms with E-state index < -0.39 is 11.5 Å². The summed E-state index contributed by atoms with van der Waals surface area (Å²) in [6, 6.07) is 1.40.